The number of amides is 1. The topological polar surface area (TPSA) is 32.8 Å². The molecule has 1 spiro atoms. The molecular formula is C21H22ClFN2O2. The van der Waals surface area contributed by atoms with Crippen LogP contribution >= 0.6 is 11.6 Å². The fourth-order valence-electron chi connectivity index (χ4n) is 3.84. The van der Waals surface area contributed by atoms with E-state index in [1.807, 2.05) is 12.1 Å². The molecule has 0 N–H and O–H groups in total. The quantitative estimate of drug-likeness (QED) is 0.800. The zero-order valence-corrected chi connectivity index (χ0v) is 15.8. The van der Waals surface area contributed by atoms with Crippen molar-refractivity contribution in [3.63, 3.8) is 0 Å². The highest BCUT2D eigenvalue weighted by molar-refractivity contribution is 6.30. The van der Waals surface area contributed by atoms with Crippen molar-refractivity contribution in [3.05, 3.63) is 64.9 Å². The number of nitrogens with zero attached hydrogens (tertiary/aromatic N) is 2. The second-order valence-electron chi connectivity index (χ2n) is 7.33. The first kappa shape index (κ1) is 18.4. The van der Waals surface area contributed by atoms with Gasteiger partial charge in [-0.3, -0.25) is 9.69 Å². The van der Waals surface area contributed by atoms with Gasteiger partial charge in [-0.15, -0.1) is 0 Å². The Morgan fingerprint density at radius 3 is 2.37 bits per heavy atom. The van der Waals surface area contributed by atoms with Gasteiger partial charge in [-0.25, -0.2) is 4.39 Å². The largest absolute Gasteiger partial charge is 0.363 e. The maximum absolute atomic E-state index is 13.2. The average molecular weight is 389 g/mol. The highest BCUT2D eigenvalue weighted by atomic mass is 35.5. The molecule has 2 saturated heterocycles. The number of carbonyl (C=O) groups excluding carboxylic acids is 1. The van der Waals surface area contributed by atoms with Crippen molar-refractivity contribution in [2.75, 3.05) is 31.1 Å². The normalized spacial score (nSPS) is 20.2. The van der Waals surface area contributed by atoms with Gasteiger partial charge in [-0.1, -0.05) is 23.7 Å². The fourth-order valence-corrected chi connectivity index (χ4v) is 3.97. The molecule has 2 aliphatic rings. The standard InChI is InChI=1S/C21H22ClFN2O2/c22-17-3-1-16(2-4-17)13-24-11-9-21(10-12-24)15-25(20(26)14-27-21)19-7-5-18(23)6-8-19/h1-8H,9-15H2. The molecule has 2 aromatic carbocycles. The lowest BCUT2D eigenvalue weighted by Crippen LogP contribution is -2.58. The minimum Gasteiger partial charge on any atom is -0.363 e. The smallest absolute Gasteiger partial charge is 0.253 e. The van der Waals surface area contributed by atoms with E-state index in [0.29, 0.717) is 6.54 Å². The number of hydrogen-bond donors (Lipinski definition) is 0. The first-order valence-corrected chi connectivity index (χ1v) is 9.58. The van der Waals surface area contributed by atoms with Crippen molar-refractivity contribution in [3.8, 4) is 0 Å². The van der Waals surface area contributed by atoms with Crippen molar-refractivity contribution < 1.29 is 13.9 Å². The van der Waals surface area contributed by atoms with E-state index in [1.54, 1.807) is 17.0 Å². The van der Waals surface area contributed by atoms with Crippen LogP contribution in [-0.4, -0.2) is 42.6 Å². The van der Waals surface area contributed by atoms with E-state index in [0.717, 1.165) is 43.2 Å². The van der Waals surface area contributed by atoms with E-state index in [9.17, 15) is 9.18 Å². The molecule has 0 bridgehead atoms. The summed E-state index contributed by atoms with van der Waals surface area (Å²) in [5.74, 6) is -0.375. The van der Waals surface area contributed by atoms with Crippen LogP contribution in [0.5, 0.6) is 0 Å². The van der Waals surface area contributed by atoms with E-state index < -0.39 is 0 Å². The predicted molar refractivity (Wildman–Crippen MR) is 103 cm³/mol. The Morgan fingerprint density at radius 2 is 1.70 bits per heavy atom. The summed E-state index contributed by atoms with van der Waals surface area (Å²) in [6, 6.07) is 14.0. The van der Waals surface area contributed by atoms with E-state index in [1.165, 1.54) is 17.7 Å². The number of carbonyl (C=O) groups is 1. The molecule has 2 aromatic rings. The Bertz CT molecular complexity index is 802. The summed E-state index contributed by atoms with van der Waals surface area (Å²) < 4.78 is 19.2. The van der Waals surface area contributed by atoms with Crippen LogP contribution in [0, 0.1) is 5.82 Å². The molecule has 4 rings (SSSR count). The molecule has 0 atom stereocenters. The number of halogens is 2. The summed E-state index contributed by atoms with van der Waals surface area (Å²) in [4.78, 5) is 16.5. The summed E-state index contributed by atoms with van der Waals surface area (Å²) in [5.41, 5.74) is 1.65. The maximum Gasteiger partial charge on any atom is 0.253 e. The van der Waals surface area contributed by atoms with Gasteiger partial charge in [0.05, 0.1) is 12.1 Å². The minimum atomic E-state index is -0.321. The first-order chi connectivity index (χ1) is 13.0. The Morgan fingerprint density at radius 1 is 1.04 bits per heavy atom. The van der Waals surface area contributed by atoms with Gasteiger partial charge in [-0.2, -0.15) is 0 Å². The first-order valence-electron chi connectivity index (χ1n) is 9.20. The highest BCUT2D eigenvalue weighted by Gasteiger charge is 2.42. The van der Waals surface area contributed by atoms with Crippen molar-refractivity contribution >= 4 is 23.2 Å². The lowest BCUT2D eigenvalue weighted by atomic mass is 9.88. The number of hydrogen-bond acceptors (Lipinski definition) is 3. The van der Waals surface area contributed by atoms with Crippen LogP contribution < -0.4 is 4.90 Å². The van der Waals surface area contributed by atoms with Gasteiger partial charge in [0.25, 0.3) is 5.91 Å². The molecule has 2 fully saturated rings. The number of piperidine rings is 1. The predicted octanol–water partition coefficient (Wildman–Crippen LogP) is 3.88. The van der Waals surface area contributed by atoms with E-state index in [-0.39, 0.29) is 23.9 Å². The molecule has 6 heteroatoms. The third-order valence-corrected chi connectivity index (χ3v) is 5.73. The second-order valence-corrected chi connectivity index (χ2v) is 7.77. The van der Waals surface area contributed by atoms with E-state index >= 15 is 0 Å². The molecule has 1 amide bonds. The lowest BCUT2D eigenvalue weighted by Gasteiger charge is -2.47. The van der Waals surface area contributed by atoms with Gasteiger partial charge in [0.15, 0.2) is 0 Å². The molecule has 2 aliphatic heterocycles. The molecule has 0 aromatic heterocycles. The number of ether oxygens (including phenoxy) is 1. The Balaban J connectivity index is 1.40. The molecular weight excluding hydrogens is 367 g/mol. The van der Waals surface area contributed by atoms with Gasteiger partial charge < -0.3 is 9.64 Å². The number of morpholine rings is 1. The molecule has 142 valence electrons. The summed E-state index contributed by atoms with van der Waals surface area (Å²) in [6.45, 7) is 3.30. The van der Waals surface area contributed by atoms with Gasteiger partial charge in [0.1, 0.15) is 12.4 Å². The molecule has 0 saturated carbocycles. The maximum atomic E-state index is 13.2. The SMILES string of the molecule is O=C1COC2(CCN(Cc3ccc(Cl)cc3)CC2)CN1c1ccc(F)cc1. The zero-order chi connectivity index (χ0) is 18.9. The summed E-state index contributed by atoms with van der Waals surface area (Å²) in [5, 5.41) is 0.748. The Labute approximate surface area is 163 Å². The molecule has 4 nitrogen and oxygen atoms in total. The fraction of sp³-hybridized carbons (Fsp3) is 0.381. The van der Waals surface area contributed by atoms with Crippen molar-refractivity contribution in [2.24, 2.45) is 0 Å². The van der Waals surface area contributed by atoms with Crippen molar-refractivity contribution in [1.29, 1.82) is 0 Å². The van der Waals surface area contributed by atoms with Crippen LogP contribution in [0.25, 0.3) is 0 Å². The summed E-state index contributed by atoms with van der Waals surface area (Å²) in [6.07, 6.45) is 1.73. The average Bonchev–Trinajstić information content (AvgIpc) is 2.68. The number of anilines is 1. The Kier molecular flexibility index (Phi) is 5.17. The van der Waals surface area contributed by atoms with Gasteiger partial charge >= 0.3 is 0 Å². The number of likely N-dealkylation sites (tertiary alicyclic amines) is 1. The van der Waals surface area contributed by atoms with E-state index in [2.05, 4.69) is 17.0 Å². The monoisotopic (exact) mass is 388 g/mol. The number of benzene rings is 2. The summed E-state index contributed by atoms with van der Waals surface area (Å²) in [7, 11) is 0. The number of rotatable bonds is 3. The van der Waals surface area contributed by atoms with Crippen LogP contribution in [0.4, 0.5) is 10.1 Å². The van der Waals surface area contributed by atoms with Gasteiger partial charge in [0, 0.05) is 30.3 Å². The molecule has 0 aliphatic carbocycles. The summed E-state index contributed by atoms with van der Waals surface area (Å²) >= 11 is 5.95. The molecule has 27 heavy (non-hydrogen) atoms. The van der Waals surface area contributed by atoms with Crippen LogP contribution in [0.1, 0.15) is 18.4 Å². The zero-order valence-electron chi connectivity index (χ0n) is 15.0. The molecule has 2 heterocycles. The van der Waals surface area contributed by atoms with Gasteiger partial charge in [-0.05, 0) is 54.8 Å². The van der Waals surface area contributed by atoms with Crippen molar-refractivity contribution in [1.82, 2.24) is 4.90 Å². The van der Waals surface area contributed by atoms with Crippen LogP contribution in [-0.2, 0) is 16.1 Å². The third-order valence-electron chi connectivity index (χ3n) is 5.47. The molecule has 0 unspecified atom stereocenters. The van der Waals surface area contributed by atoms with Crippen LogP contribution in [0.3, 0.4) is 0 Å². The van der Waals surface area contributed by atoms with E-state index in [4.69, 9.17) is 16.3 Å². The third kappa shape index (κ3) is 4.15. The lowest BCUT2D eigenvalue weighted by molar-refractivity contribution is -0.144. The Hall–Kier alpha value is -1.95. The van der Waals surface area contributed by atoms with Gasteiger partial charge in [0.2, 0.25) is 0 Å². The second kappa shape index (κ2) is 7.58. The molecule has 0 radical (unpaired) electrons. The highest BCUT2D eigenvalue weighted by Crippen LogP contribution is 2.33. The van der Waals surface area contributed by atoms with Crippen LogP contribution in [0.15, 0.2) is 48.5 Å². The van der Waals surface area contributed by atoms with Crippen molar-refractivity contribution in [2.45, 2.75) is 25.0 Å². The van der Waals surface area contributed by atoms with Crippen LogP contribution in [0.2, 0.25) is 5.02 Å². The minimum absolute atomic E-state index is 0.0733.